The summed E-state index contributed by atoms with van der Waals surface area (Å²) in [5, 5.41) is 4.00. The normalized spacial score (nSPS) is 10.6. The molecule has 0 aliphatic rings. The van der Waals surface area contributed by atoms with E-state index < -0.39 is 0 Å². The summed E-state index contributed by atoms with van der Waals surface area (Å²) in [7, 11) is 0. The molecule has 0 radical (unpaired) electrons. The molecule has 3 aromatic carbocycles. The van der Waals surface area contributed by atoms with Gasteiger partial charge in [-0.1, -0.05) is 41.4 Å². The molecular formula is C24H18Cl2N2O3. The summed E-state index contributed by atoms with van der Waals surface area (Å²) in [5.74, 6) is 2.07. The molecule has 1 heterocycles. The van der Waals surface area contributed by atoms with Gasteiger partial charge in [0.05, 0.1) is 11.9 Å². The Morgan fingerprint density at radius 1 is 0.968 bits per heavy atom. The maximum absolute atomic E-state index is 12.5. The van der Waals surface area contributed by atoms with Gasteiger partial charge in [0.1, 0.15) is 5.75 Å². The first kappa shape index (κ1) is 21.0. The highest BCUT2D eigenvalue weighted by Crippen LogP contribution is 2.32. The Morgan fingerprint density at radius 3 is 2.48 bits per heavy atom. The highest BCUT2D eigenvalue weighted by molar-refractivity contribution is 6.31. The number of hydrogen-bond acceptors (Lipinski definition) is 4. The molecule has 0 saturated carbocycles. The summed E-state index contributed by atoms with van der Waals surface area (Å²) in [6, 6.07) is 21.7. The summed E-state index contributed by atoms with van der Waals surface area (Å²) in [5.41, 5.74) is 1.37. The number of rotatable bonds is 7. The van der Waals surface area contributed by atoms with Crippen LogP contribution in [0, 0.1) is 0 Å². The molecule has 1 N–H and O–H groups in total. The number of anilines is 1. The van der Waals surface area contributed by atoms with Crippen molar-refractivity contribution in [2.45, 2.75) is 12.8 Å². The van der Waals surface area contributed by atoms with Gasteiger partial charge in [0.2, 0.25) is 5.91 Å². The highest BCUT2D eigenvalue weighted by atomic mass is 35.5. The smallest absolute Gasteiger partial charge is 0.224 e. The van der Waals surface area contributed by atoms with Crippen LogP contribution < -0.4 is 10.1 Å². The molecule has 7 heteroatoms. The van der Waals surface area contributed by atoms with Crippen molar-refractivity contribution in [3.05, 3.63) is 94.9 Å². The van der Waals surface area contributed by atoms with Gasteiger partial charge in [0.15, 0.2) is 17.4 Å². The van der Waals surface area contributed by atoms with E-state index in [4.69, 9.17) is 32.4 Å². The van der Waals surface area contributed by atoms with E-state index in [9.17, 15) is 4.79 Å². The van der Waals surface area contributed by atoms with Gasteiger partial charge in [-0.05, 0) is 54.6 Å². The number of halogens is 2. The van der Waals surface area contributed by atoms with Gasteiger partial charge in [-0.2, -0.15) is 0 Å². The molecule has 0 aliphatic carbocycles. The van der Waals surface area contributed by atoms with Crippen LogP contribution in [0.25, 0.3) is 11.3 Å². The third-order valence-corrected chi connectivity index (χ3v) is 4.92. The quantitative estimate of drug-likeness (QED) is 0.327. The van der Waals surface area contributed by atoms with Crippen molar-refractivity contribution in [2.24, 2.45) is 0 Å². The van der Waals surface area contributed by atoms with E-state index in [1.54, 1.807) is 36.5 Å². The van der Waals surface area contributed by atoms with Crippen LogP contribution in [-0.2, 0) is 11.2 Å². The van der Waals surface area contributed by atoms with Crippen LogP contribution >= 0.6 is 23.2 Å². The van der Waals surface area contributed by atoms with Gasteiger partial charge in [0, 0.05) is 28.5 Å². The second kappa shape index (κ2) is 9.69. The zero-order chi connectivity index (χ0) is 21.6. The van der Waals surface area contributed by atoms with Crippen molar-refractivity contribution in [2.75, 3.05) is 5.32 Å². The molecule has 0 bridgehead atoms. The lowest BCUT2D eigenvalue weighted by atomic mass is 10.2. The molecule has 0 atom stereocenters. The summed E-state index contributed by atoms with van der Waals surface area (Å²) in [4.78, 5) is 16.8. The summed E-state index contributed by atoms with van der Waals surface area (Å²) in [6.07, 6.45) is 2.19. The number of amides is 1. The van der Waals surface area contributed by atoms with Crippen LogP contribution in [0.1, 0.15) is 12.3 Å². The number of hydrogen-bond donors (Lipinski definition) is 1. The fourth-order valence-corrected chi connectivity index (χ4v) is 3.21. The van der Waals surface area contributed by atoms with E-state index in [0.29, 0.717) is 45.3 Å². The molecule has 0 saturated heterocycles. The number of carbonyl (C=O) groups is 1. The first-order chi connectivity index (χ1) is 15.1. The number of ether oxygens (including phenoxy) is 1. The standard InChI is InChI=1S/C24H18Cl2N2O3/c25-17-8-6-16(7-9-17)22-15-27-24(31-22)13-12-23(29)28-20-14-18(26)10-11-21(20)30-19-4-2-1-3-5-19/h1-11,14-15H,12-13H2,(H,28,29). The maximum Gasteiger partial charge on any atom is 0.224 e. The first-order valence-electron chi connectivity index (χ1n) is 9.60. The third kappa shape index (κ3) is 5.66. The van der Waals surface area contributed by atoms with Crippen LogP contribution in [0.15, 0.2) is 83.4 Å². The lowest BCUT2D eigenvalue weighted by Crippen LogP contribution is -2.13. The predicted molar refractivity (Wildman–Crippen MR) is 122 cm³/mol. The van der Waals surface area contributed by atoms with E-state index in [2.05, 4.69) is 10.3 Å². The molecule has 1 amide bonds. The van der Waals surface area contributed by atoms with Crippen LogP contribution in [0.4, 0.5) is 5.69 Å². The van der Waals surface area contributed by atoms with Gasteiger partial charge in [-0.25, -0.2) is 4.98 Å². The van der Waals surface area contributed by atoms with Crippen LogP contribution in [0.3, 0.4) is 0 Å². The minimum absolute atomic E-state index is 0.192. The lowest BCUT2D eigenvalue weighted by Gasteiger charge is -2.12. The van der Waals surface area contributed by atoms with Crippen molar-refractivity contribution in [3.63, 3.8) is 0 Å². The van der Waals surface area contributed by atoms with E-state index in [1.165, 1.54) is 0 Å². The summed E-state index contributed by atoms with van der Waals surface area (Å²) >= 11 is 12.0. The Hall–Kier alpha value is -3.28. The van der Waals surface area contributed by atoms with Gasteiger partial charge in [-0.15, -0.1) is 0 Å². The number of oxazole rings is 1. The molecule has 4 aromatic rings. The number of nitrogens with zero attached hydrogens (tertiary/aromatic N) is 1. The maximum atomic E-state index is 12.5. The van der Waals surface area contributed by atoms with Crippen molar-refractivity contribution in [3.8, 4) is 22.8 Å². The number of benzene rings is 3. The fourth-order valence-electron chi connectivity index (χ4n) is 2.91. The number of carbonyl (C=O) groups excluding carboxylic acids is 1. The average molecular weight is 453 g/mol. The molecule has 4 rings (SSSR count). The molecule has 0 fully saturated rings. The van der Waals surface area contributed by atoms with Crippen molar-refractivity contribution in [1.82, 2.24) is 4.98 Å². The second-order valence-corrected chi connectivity index (χ2v) is 7.60. The van der Waals surface area contributed by atoms with Gasteiger partial charge in [-0.3, -0.25) is 4.79 Å². The third-order valence-electron chi connectivity index (χ3n) is 4.43. The Kier molecular flexibility index (Phi) is 6.55. The van der Waals surface area contributed by atoms with Gasteiger partial charge >= 0.3 is 0 Å². The molecule has 0 unspecified atom stereocenters. The number of aryl methyl sites for hydroxylation is 1. The minimum atomic E-state index is -0.202. The van der Waals surface area contributed by atoms with Crippen LogP contribution in [-0.4, -0.2) is 10.9 Å². The molecule has 0 aliphatic heterocycles. The zero-order valence-corrected chi connectivity index (χ0v) is 17.9. The summed E-state index contributed by atoms with van der Waals surface area (Å²) < 4.78 is 11.6. The predicted octanol–water partition coefficient (Wildman–Crippen LogP) is 7.01. The topological polar surface area (TPSA) is 64.4 Å². The van der Waals surface area contributed by atoms with Crippen LogP contribution in [0.2, 0.25) is 10.0 Å². The molecule has 5 nitrogen and oxygen atoms in total. The molecule has 0 spiro atoms. The summed E-state index contributed by atoms with van der Waals surface area (Å²) in [6.45, 7) is 0. The SMILES string of the molecule is O=C(CCc1ncc(-c2ccc(Cl)cc2)o1)Nc1cc(Cl)ccc1Oc1ccccc1. The van der Waals surface area contributed by atoms with Gasteiger partial charge in [0.25, 0.3) is 0 Å². The highest BCUT2D eigenvalue weighted by Gasteiger charge is 2.12. The molecule has 156 valence electrons. The Balaban J connectivity index is 1.39. The Bertz CT molecular complexity index is 1180. The monoisotopic (exact) mass is 452 g/mol. The number of aromatic nitrogens is 1. The first-order valence-corrected chi connectivity index (χ1v) is 10.4. The van der Waals surface area contributed by atoms with Crippen molar-refractivity contribution in [1.29, 1.82) is 0 Å². The average Bonchev–Trinajstić information content (AvgIpc) is 3.25. The Morgan fingerprint density at radius 2 is 1.71 bits per heavy atom. The largest absolute Gasteiger partial charge is 0.455 e. The second-order valence-electron chi connectivity index (χ2n) is 6.73. The van der Waals surface area contributed by atoms with E-state index >= 15 is 0 Å². The number of para-hydroxylation sites is 1. The van der Waals surface area contributed by atoms with Crippen LogP contribution in [0.5, 0.6) is 11.5 Å². The number of nitrogens with one attached hydrogen (secondary N) is 1. The van der Waals surface area contributed by atoms with E-state index in [1.807, 2.05) is 42.5 Å². The fraction of sp³-hybridized carbons (Fsp3) is 0.0833. The van der Waals surface area contributed by atoms with E-state index in [-0.39, 0.29) is 12.3 Å². The minimum Gasteiger partial charge on any atom is -0.455 e. The molecular weight excluding hydrogens is 435 g/mol. The van der Waals surface area contributed by atoms with Crippen molar-refractivity contribution >= 4 is 34.8 Å². The molecule has 1 aromatic heterocycles. The van der Waals surface area contributed by atoms with Crippen molar-refractivity contribution < 1.29 is 13.9 Å². The molecule has 31 heavy (non-hydrogen) atoms. The van der Waals surface area contributed by atoms with E-state index in [0.717, 1.165) is 5.56 Å². The van der Waals surface area contributed by atoms with Gasteiger partial charge < -0.3 is 14.5 Å². The lowest BCUT2D eigenvalue weighted by molar-refractivity contribution is -0.116. The zero-order valence-electron chi connectivity index (χ0n) is 16.3. The Labute approximate surface area is 189 Å².